The summed E-state index contributed by atoms with van der Waals surface area (Å²) in [7, 11) is 1.28. The van der Waals surface area contributed by atoms with Crippen LogP contribution in [0.2, 0.25) is 0 Å². The second kappa shape index (κ2) is 6.28. The molecule has 0 aliphatic heterocycles. The molecule has 0 saturated heterocycles. The molecule has 0 aliphatic carbocycles. The number of hydrogen-bond donors (Lipinski definition) is 3. The molecule has 2 aromatic carbocycles. The number of carbonyl (C=O) groups is 1. The highest BCUT2D eigenvalue weighted by Gasteiger charge is 2.21. The van der Waals surface area contributed by atoms with Gasteiger partial charge in [0.1, 0.15) is 0 Å². The molecule has 5 nitrogen and oxygen atoms in total. The van der Waals surface area contributed by atoms with Crippen LogP contribution in [0.15, 0.2) is 42.5 Å². The molecular formula is C16H16O5. The van der Waals surface area contributed by atoms with E-state index in [1.807, 2.05) is 6.07 Å². The number of carbonyl (C=O) groups excluding carboxylic acids is 1. The van der Waals surface area contributed by atoms with Gasteiger partial charge in [-0.05, 0) is 17.7 Å². The summed E-state index contributed by atoms with van der Waals surface area (Å²) in [6, 6.07) is 11.3. The van der Waals surface area contributed by atoms with Crippen LogP contribution < -0.4 is 4.74 Å². The monoisotopic (exact) mass is 288 g/mol. The normalized spacial score (nSPS) is 11.9. The number of aliphatic hydroxyl groups excluding tert-OH is 1. The lowest BCUT2D eigenvalue weighted by atomic mass is 9.99. The predicted octanol–water partition coefficient (Wildman–Crippen LogP) is 2.41. The molecule has 0 saturated carbocycles. The molecule has 2 rings (SSSR count). The molecule has 0 aliphatic rings. The van der Waals surface area contributed by atoms with Crippen molar-refractivity contribution in [2.45, 2.75) is 12.5 Å². The standard InChI is InChI=1S/C16H16O5/c1-21-16-12(17)8-7-11(15(16)20)14(19)9-13(18)10-5-3-2-4-6-10/h2-8,13,17-18,20H,9H2,1H3. The van der Waals surface area contributed by atoms with Crippen molar-refractivity contribution >= 4 is 5.78 Å². The minimum Gasteiger partial charge on any atom is -0.504 e. The summed E-state index contributed by atoms with van der Waals surface area (Å²) in [4.78, 5) is 12.2. The second-order valence-corrected chi connectivity index (χ2v) is 4.57. The van der Waals surface area contributed by atoms with E-state index in [9.17, 15) is 20.1 Å². The number of ether oxygens (including phenoxy) is 1. The number of methoxy groups -OCH3 is 1. The van der Waals surface area contributed by atoms with Crippen molar-refractivity contribution in [3.05, 3.63) is 53.6 Å². The lowest BCUT2D eigenvalue weighted by Gasteiger charge is -2.12. The van der Waals surface area contributed by atoms with Gasteiger partial charge in [-0.3, -0.25) is 4.79 Å². The fraction of sp³-hybridized carbons (Fsp3) is 0.188. The van der Waals surface area contributed by atoms with E-state index in [1.54, 1.807) is 24.3 Å². The van der Waals surface area contributed by atoms with Crippen molar-refractivity contribution < 1.29 is 24.9 Å². The van der Waals surface area contributed by atoms with E-state index in [1.165, 1.54) is 19.2 Å². The summed E-state index contributed by atoms with van der Waals surface area (Å²) < 4.78 is 4.84. The number of ketones is 1. The number of rotatable bonds is 5. The summed E-state index contributed by atoms with van der Waals surface area (Å²) in [6.07, 6.45) is -1.14. The summed E-state index contributed by atoms with van der Waals surface area (Å²) in [5.41, 5.74) is 0.621. The van der Waals surface area contributed by atoms with Gasteiger partial charge in [0, 0.05) is 6.42 Å². The SMILES string of the molecule is COc1c(O)ccc(C(=O)CC(O)c2ccccc2)c1O. The minimum atomic E-state index is -0.960. The van der Waals surface area contributed by atoms with Gasteiger partial charge in [0.25, 0.3) is 0 Å². The van der Waals surface area contributed by atoms with Crippen LogP contribution in [0, 0.1) is 0 Å². The van der Waals surface area contributed by atoms with Crippen LogP contribution in [0.5, 0.6) is 17.2 Å². The maximum atomic E-state index is 12.2. The Labute approximate surface area is 122 Å². The Morgan fingerprint density at radius 3 is 2.43 bits per heavy atom. The molecule has 0 amide bonds. The van der Waals surface area contributed by atoms with Gasteiger partial charge in [-0.1, -0.05) is 30.3 Å². The zero-order valence-corrected chi connectivity index (χ0v) is 11.5. The third kappa shape index (κ3) is 3.14. The van der Waals surface area contributed by atoms with Crippen LogP contribution in [0.4, 0.5) is 0 Å². The molecule has 1 unspecified atom stereocenters. The molecule has 0 bridgehead atoms. The van der Waals surface area contributed by atoms with Crippen molar-refractivity contribution in [2.24, 2.45) is 0 Å². The quantitative estimate of drug-likeness (QED) is 0.735. The molecule has 0 aromatic heterocycles. The van der Waals surface area contributed by atoms with Gasteiger partial charge in [0.2, 0.25) is 5.75 Å². The molecule has 0 fully saturated rings. The first-order chi connectivity index (χ1) is 10.0. The number of Topliss-reactive ketones (excluding diaryl/α,β-unsaturated/α-hetero) is 1. The van der Waals surface area contributed by atoms with E-state index < -0.39 is 17.6 Å². The third-order valence-corrected chi connectivity index (χ3v) is 3.18. The van der Waals surface area contributed by atoms with Crippen molar-refractivity contribution in [3.63, 3.8) is 0 Å². The largest absolute Gasteiger partial charge is 0.504 e. The van der Waals surface area contributed by atoms with Crippen molar-refractivity contribution in [2.75, 3.05) is 7.11 Å². The van der Waals surface area contributed by atoms with Gasteiger partial charge in [-0.2, -0.15) is 0 Å². The molecule has 1 atom stereocenters. The fourth-order valence-electron chi connectivity index (χ4n) is 2.07. The van der Waals surface area contributed by atoms with Crippen LogP contribution in [0.25, 0.3) is 0 Å². The Morgan fingerprint density at radius 1 is 1.14 bits per heavy atom. The highest BCUT2D eigenvalue weighted by Crippen LogP contribution is 2.39. The van der Waals surface area contributed by atoms with E-state index in [0.29, 0.717) is 5.56 Å². The average molecular weight is 288 g/mol. The first kappa shape index (κ1) is 14.9. The molecule has 21 heavy (non-hydrogen) atoms. The maximum absolute atomic E-state index is 12.2. The maximum Gasteiger partial charge on any atom is 0.203 e. The smallest absolute Gasteiger partial charge is 0.203 e. The second-order valence-electron chi connectivity index (χ2n) is 4.57. The summed E-state index contributed by atoms with van der Waals surface area (Å²) >= 11 is 0. The Morgan fingerprint density at radius 2 is 1.81 bits per heavy atom. The zero-order valence-electron chi connectivity index (χ0n) is 11.5. The highest BCUT2D eigenvalue weighted by atomic mass is 16.5. The summed E-state index contributed by atoms with van der Waals surface area (Å²) in [5, 5.41) is 29.5. The third-order valence-electron chi connectivity index (χ3n) is 3.18. The van der Waals surface area contributed by atoms with Crippen LogP contribution in [-0.4, -0.2) is 28.2 Å². The molecule has 2 aromatic rings. The molecule has 110 valence electrons. The minimum absolute atomic E-state index is 0.000342. The van der Waals surface area contributed by atoms with Gasteiger partial charge >= 0.3 is 0 Å². The Kier molecular flexibility index (Phi) is 4.45. The topological polar surface area (TPSA) is 87.0 Å². The van der Waals surface area contributed by atoms with Crippen molar-refractivity contribution in [1.82, 2.24) is 0 Å². The highest BCUT2D eigenvalue weighted by molar-refractivity contribution is 6.00. The molecular weight excluding hydrogens is 272 g/mol. The molecule has 0 spiro atoms. The van der Waals surface area contributed by atoms with E-state index in [0.717, 1.165) is 0 Å². The summed E-state index contributed by atoms with van der Waals surface area (Å²) in [6.45, 7) is 0. The number of phenols is 2. The van der Waals surface area contributed by atoms with E-state index in [-0.39, 0.29) is 23.5 Å². The predicted molar refractivity (Wildman–Crippen MR) is 76.7 cm³/mol. The zero-order chi connectivity index (χ0) is 15.4. The number of aliphatic hydroxyl groups is 1. The molecule has 3 N–H and O–H groups in total. The van der Waals surface area contributed by atoms with Crippen LogP contribution in [-0.2, 0) is 0 Å². The van der Waals surface area contributed by atoms with Gasteiger partial charge in [-0.25, -0.2) is 0 Å². The number of benzene rings is 2. The van der Waals surface area contributed by atoms with E-state index >= 15 is 0 Å². The van der Waals surface area contributed by atoms with Gasteiger partial charge in [0.15, 0.2) is 17.3 Å². The van der Waals surface area contributed by atoms with Crippen molar-refractivity contribution in [3.8, 4) is 17.2 Å². The lowest BCUT2D eigenvalue weighted by molar-refractivity contribution is 0.0877. The molecule has 5 heteroatoms. The first-order valence-corrected chi connectivity index (χ1v) is 6.39. The number of aromatic hydroxyl groups is 2. The summed E-state index contributed by atoms with van der Waals surface area (Å²) in [5.74, 6) is -1.28. The van der Waals surface area contributed by atoms with E-state index in [4.69, 9.17) is 4.74 Å². The van der Waals surface area contributed by atoms with Crippen LogP contribution in [0.3, 0.4) is 0 Å². The van der Waals surface area contributed by atoms with Crippen molar-refractivity contribution in [1.29, 1.82) is 0 Å². The lowest BCUT2D eigenvalue weighted by Crippen LogP contribution is -2.07. The average Bonchev–Trinajstić information content (AvgIpc) is 2.48. The Balaban J connectivity index is 2.21. The van der Waals surface area contributed by atoms with Gasteiger partial charge in [0.05, 0.1) is 18.8 Å². The fourth-order valence-corrected chi connectivity index (χ4v) is 2.07. The molecule has 0 heterocycles. The molecule has 0 radical (unpaired) electrons. The van der Waals surface area contributed by atoms with Crippen LogP contribution in [0.1, 0.15) is 28.4 Å². The Bertz CT molecular complexity index is 637. The number of phenolic OH excluding ortho intramolecular Hbond substituents is 2. The Hall–Kier alpha value is -2.53. The first-order valence-electron chi connectivity index (χ1n) is 6.39. The van der Waals surface area contributed by atoms with E-state index in [2.05, 4.69) is 0 Å². The number of hydrogen-bond acceptors (Lipinski definition) is 5. The van der Waals surface area contributed by atoms with Crippen LogP contribution >= 0.6 is 0 Å². The van der Waals surface area contributed by atoms with Gasteiger partial charge in [-0.15, -0.1) is 0 Å². The van der Waals surface area contributed by atoms with Gasteiger partial charge < -0.3 is 20.1 Å².